The molecule has 1 saturated heterocycles. The molecule has 1 fully saturated rings. The molecular formula is C17H24N6S. The molecule has 0 spiro atoms. The monoisotopic (exact) mass is 344 g/mol. The molecule has 2 aromatic rings. The average Bonchev–Trinajstić information content (AvgIpc) is 3.09. The van der Waals surface area contributed by atoms with Gasteiger partial charge < -0.3 is 10.2 Å². The Kier molecular flexibility index (Phi) is 5.77. The number of hydrogen-bond acceptors (Lipinski definition) is 4. The Morgan fingerprint density at radius 3 is 2.71 bits per heavy atom. The van der Waals surface area contributed by atoms with E-state index >= 15 is 0 Å². The van der Waals surface area contributed by atoms with Crippen molar-refractivity contribution >= 4 is 17.3 Å². The number of thiocarbonyl (C=S) groups is 1. The van der Waals surface area contributed by atoms with E-state index in [1.54, 1.807) is 0 Å². The zero-order valence-corrected chi connectivity index (χ0v) is 14.9. The van der Waals surface area contributed by atoms with Crippen LogP contribution in [0.25, 0.3) is 0 Å². The fourth-order valence-corrected chi connectivity index (χ4v) is 3.07. The van der Waals surface area contributed by atoms with E-state index < -0.39 is 0 Å². The topological polar surface area (TPSA) is 49.2 Å². The van der Waals surface area contributed by atoms with Crippen LogP contribution in [0, 0.1) is 0 Å². The van der Waals surface area contributed by atoms with Crippen LogP contribution >= 0.6 is 12.2 Å². The van der Waals surface area contributed by atoms with Gasteiger partial charge in [-0.2, -0.15) is 5.10 Å². The summed E-state index contributed by atoms with van der Waals surface area (Å²) in [5, 5.41) is 8.46. The first kappa shape index (κ1) is 16.9. The molecule has 0 unspecified atom stereocenters. The second-order valence-electron chi connectivity index (χ2n) is 5.99. The summed E-state index contributed by atoms with van der Waals surface area (Å²) in [5.74, 6) is 0. The summed E-state index contributed by atoms with van der Waals surface area (Å²) in [6, 6.07) is 4.12. The number of nitrogens with one attached hydrogen (secondary N) is 1. The first-order chi connectivity index (χ1) is 11.7. The molecule has 0 saturated carbocycles. The molecule has 0 radical (unpaired) electrons. The summed E-state index contributed by atoms with van der Waals surface area (Å²) in [5.41, 5.74) is 2.43. The predicted molar refractivity (Wildman–Crippen MR) is 98.4 cm³/mol. The van der Waals surface area contributed by atoms with Gasteiger partial charge in [0.1, 0.15) is 0 Å². The summed E-state index contributed by atoms with van der Waals surface area (Å²) in [6.45, 7) is 8.62. The number of aromatic nitrogens is 3. The van der Waals surface area contributed by atoms with E-state index in [-0.39, 0.29) is 0 Å². The zero-order chi connectivity index (χ0) is 16.8. The van der Waals surface area contributed by atoms with Crippen molar-refractivity contribution in [3.63, 3.8) is 0 Å². The molecule has 0 bridgehead atoms. The second-order valence-corrected chi connectivity index (χ2v) is 6.37. The van der Waals surface area contributed by atoms with Gasteiger partial charge in [-0.25, -0.2) is 0 Å². The van der Waals surface area contributed by atoms with Gasteiger partial charge in [0.2, 0.25) is 0 Å². The molecule has 3 rings (SSSR count). The van der Waals surface area contributed by atoms with Crippen molar-refractivity contribution in [2.24, 2.45) is 0 Å². The molecular weight excluding hydrogens is 320 g/mol. The molecule has 0 aromatic carbocycles. The van der Waals surface area contributed by atoms with Gasteiger partial charge in [0, 0.05) is 70.0 Å². The van der Waals surface area contributed by atoms with Crippen molar-refractivity contribution in [1.82, 2.24) is 29.9 Å². The fraction of sp³-hybridized carbons (Fsp3) is 0.471. The molecule has 0 amide bonds. The van der Waals surface area contributed by atoms with Crippen LogP contribution in [0.15, 0.2) is 36.9 Å². The lowest BCUT2D eigenvalue weighted by Crippen LogP contribution is -2.51. The van der Waals surface area contributed by atoms with Gasteiger partial charge in [0.05, 0.1) is 6.20 Å². The minimum absolute atomic E-state index is 0.731. The maximum absolute atomic E-state index is 5.54. The highest BCUT2D eigenvalue weighted by atomic mass is 32.1. The van der Waals surface area contributed by atoms with Gasteiger partial charge in [0.25, 0.3) is 0 Å². The Morgan fingerprint density at radius 2 is 2.04 bits per heavy atom. The van der Waals surface area contributed by atoms with Gasteiger partial charge >= 0.3 is 0 Å². The van der Waals surface area contributed by atoms with Crippen LogP contribution in [0.3, 0.4) is 0 Å². The number of aryl methyl sites for hydroxylation is 1. The Balaban J connectivity index is 1.41. The number of piperazine rings is 1. The summed E-state index contributed by atoms with van der Waals surface area (Å²) in [6.07, 6.45) is 7.71. The Morgan fingerprint density at radius 1 is 1.21 bits per heavy atom. The molecule has 128 valence electrons. The lowest BCUT2D eigenvalue weighted by Gasteiger charge is -2.36. The molecule has 0 atom stereocenters. The number of pyridine rings is 1. The van der Waals surface area contributed by atoms with Crippen LogP contribution in [-0.2, 0) is 19.6 Å². The third-order valence-corrected chi connectivity index (χ3v) is 4.65. The predicted octanol–water partition coefficient (Wildman–Crippen LogP) is 1.49. The van der Waals surface area contributed by atoms with E-state index in [1.165, 1.54) is 5.56 Å². The van der Waals surface area contributed by atoms with E-state index in [0.717, 1.165) is 56.5 Å². The van der Waals surface area contributed by atoms with Gasteiger partial charge in [-0.3, -0.25) is 14.6 Å². The highest BCUT2D eigenvalue weighted by Gasteiger charge is 2.18. The molecule has 1 aliphatic rings. The van der Waals surface area contributed by atoms with Crippen molar-refractivity contribution in [2.45, 2.75) is 26.6 Å². The van der Waals surface area contributed by atoms with Crippen LogP contribution in [0.4, 0.5) is 0 Å². The summed E-state index contributed by atoms with van der Waals surface area (Å²) in [4.78, 5) is 8.87. The molecule has 24 heavy (non-hydrogen) atoms. The average molecular weight is 344 g/mol. The highest BCUT2D eigenvalue weighted by molar-refractivity contribution is 7.80. The van der Waals surface area contributed by atoms with Crippen molar-refractivity contribution in [3.05, 3.63) is 48.0 Å². The maximum atomic E-state index is 5.54. The third-order valence-electron chi connectivity index (χ3n) is 4.24. The molecule has 0 aliphatic carbocycles. The molecule has 6 nitrogen and oxygen atoms in total. The quantitative estimate of drug-likeness (QED) is 0.830. The lowest BCUT2D eigenvalue weighted by atomic mass is 10.2. The molecule has 2 aromatic heterocycles. The van der Waals surface area contributed by atoms with Gasteiger partial charge in [-0.15, -0.1) is 0 Å². The minimum Gasteiger partial charge on any atom is -0.358 e. The van der Waals surface area contributed by atoms with Crippen LogP contribution in [-0.4, -0.2) is 55.9 Å². The molecule has 7 heteroatoms. The first-order valence-corrected chi connectivity index (χ1v) is 8.81. The van der Waals surface area contributed by atoms with Crippen molar-refractivity contribution in [3.8, 4) is 0 Å². The van der Waals surface area contributed by atoms with E-state index in [2.05, 4.69) is 44.4 Å². The number of nitrogens with zero attached hydrogens (tertiary/aromatic N) is 5. The van der Waals surface area contributed by atoms with Gasteiger partial charge in [-0.1, -0.05) is 6.07 Å². The fourth-order valence-electron chi connectivity index (χ4n) is 2.82. The third kappa shape index (κ3) is 4.52. The number of rotatable bonds is 5. The minimum atomic E-state index is 0.731. The Hall–Kier alpha value is -1.99. The SMILES string of the molecule is CCn1cc(CNC(=S)N2CCN(Cc3cccnc3)CC2)cn1. The summed E-state index contributed by atoms with van der Waals surface area (Å²) in [7, 11) is 0. The Labute approximate surface area is 148 Å². The van der Waals surface area contributed by atoms with Crippen molar-refractivity contribution < 1.29 is 0 Å². The second kappa shape index (κ2) is 8.21. The Bertz CT molecular complexity index is 648. The molecule has 3 heterocycles. The van der Waals surface area contributed by atoms with Crippen molar-refractivity contribution in [2.75, 3.05) is 26.2 Å². The lowest BCUT2D eigenvalue weighted by molar-refractivity contribution is 0.174. The maximum Gasteiger partial charge on any atom is 0.169 e. The van der Waals surface area contributed by atoms with E-state index in [1.807, 2.05) is 29.3 Å². The number of hydrogen-bond donors (Lipinski definition) is 1. The summed E-state index contributed by atoms with van der Waals surface area (Å²) >= 11 is 5.54. The van der Waals surface area contributed by atoms with Gasteiger partial charge in [-0.05, 0) is 30.8 Å². The smallest absolute Gasteiger partial charge is 0.169 e. The normalized spacial score (nSPS) is 15.5. The summed E-state index contributed by atoms with van der Waals surface area (Å²) < 4.78 is 1.93. The van der Waals surface area contributed by atoms with Crippen LogP contribution in [0.1, 0.15) is 18.1 Å². The van der Waals surface area contributed by atoms with E-state index in [4.69, 9.17) is 12.2 Å². The van der Waals surface area contributed by atoms with E-state index in [9.17, 15) is 0 Å². The molecule has 1 N–H and O–H groups in total. The van der Waals surface area contributed by atoms with Crippen LogP contribution in [0.2, 0.25) is 0 Å². The van der Waals surface area contributed by atoms with E-state index in [0.29, 0.717) is 0 Å². The largest absolute Gasteiger partial charge is 0.358 e. The van der Waals surface area contributed by atoms with Crippen LogP contribution in [0.5, 0.6) is 0 Å². The van der Waals surface area contributed by atoms with Crippen LogP contribution < -0.4 is 5.32 Å². The van der Waals surface area contributed by atoms with Crippen molar-refractivity contribution in [1.29, 1.82) is 0 Å². The van der Waals surface area contributed by atoms with Gasteiger partial charge in [0.15, 0.2) is 5.11 Å². The molecule has 1 aliphatic heterocycles. The standard InChI is InChI=1S/C17H24N6S/c1-2-23-14-16(12-20-23)11-19-17(24)22-8-6-21(7-9-22)13-15-4-3-5-18-10-15/h3-5,10,12,14H,2,6-9,11,13H2,1H3,(H,19,24). The first-order valence-electron chi connectivity index (χ1n) is 8.40. The highest BCUT2D eigenvalue weighted by Crippen LogP contribution is 2.08. The zero-order valence-electron chi connectivity index (χ0n) is 14.1.